The fraction of sp³-hybridized carbons (Fsp3) is 0.100. The lowest BCUT2D eigenvalue weighted by atomic mass is 10.2. The molecule has 0 saturated heterocycles. The number of thiophene rings is 1. The quantitative estimate of drug-likeness (QED) is 0.229. The fourth-order valence-corrected chi connectivity index (χ4v) is 9.17. The maximum Gasteiger partial charge on any atom is 0.436 e. The molecule has 4 rings (SSSR count). The summed E-state index contributed by atoms with van der Waals surface area (Å²) in [4.78, 5) is 17.3. The number of aromatic nitrogens is 2. The lowest BCUT2D eigenvalue weighted by Gasteiger charge is -2.10. The summed E-state index contributed by atoms with van der Waals surface area (Å²) < 4.78 is 30.7. The minimum Gasteiger partial charge on any atom is -0.324 e. The minimum absolute atomic E-state index is 0.228. The number of imidazole rings is 1. The molecule has 0 aliphatic rings. The standard InChI is InChI=1S/C20H14Br2ClN3O3S2/c1-12-24-17-7-5-13(20(27)25-31(28,29)30-8-2-3-19(30)22)9-18(17)26(12)11-14-4-6-15(21)10-16(14)23/h2-10H,11H2,1H3/p+1. The fourth-order valence-electron chi connectivity index (χ4n) is 3.12. The Bertz CT molecular complexity index is 1430. The summed E-state index contributed by atoms with van der Waals surface area (Å²) in [6.07, 6.45) is 0. The van der Waals surface area contributed by atoms with E-state index in [1.807, 2.05) is 29.7 Å². The average molecular weight is 605 g/mol. The lowest BCUT2D eigenvalue weighted by Crippen LogP contribution is -2.28. The van der Waals surface area contributed by atoms with Gasteiger partial charge in [0.15, 0.2) is 5.38 Å². The molecule has 0 spiro atoms. The number of carbonyl (C=O) groups excluding carboxylic acids is 1. The van der Waals surface area contributed by atoms with Gasteiger partial charge in [0.05, 0.1) is 17.6 Å². The first-order valence-corrected chi connectivity index (χ1v) is 14.2. The minimum atomic E-state index is -3.89. The van der Waals surface area contributed by atoms with Crippen LogP contribution in [0.5, 0.6) is 0 Å². The van der Waals surface area contributed by atoms with Crippen molar-refractivity contribution in [1.29, 1.82) is 0 Å². The summed E-state index contributed by atoms with van der Waals surface area (Å²) >= 11 is 13.0. The predicted molar refractivity (Wildman–Crippen MR) is 131 cm³/mol. The maximum absolute atomic E-state index is 12.7. The second-order valence-corrected chi connectivity index (χ2v) is 14.2. The number of benzene rings is 2. The van der Waals surface area contributed by atoms with Gasteiger partial charge in [-0.3, -0.25) is 4.79 Å². The van der Waals surface area contributed by atoms with Gasteiger partial charge in [0.1, 0.15) is 15.3 Å². The highest BCUT2D eigenvalue weighted by atomic mass is 79.9. The molecule has 0 aliphatic carbocycles. The van der Waals surface area contributed by atoms with Crippen molar-refractivity contribution in [2.24, 2.45) is 0 Å². The molecule has 6 nitrogen and oxygen atoms in total. The molecule has 0 aliphatic heterocycles. The van der Waals surface area contributed by atoms with Crippen molar-refractivity contribution in [3.05, 3.63) is 84.1 Å². The molecule has 1 unspecified atom stereocenters. The number of amides is 1. The normalized spacial score (nSPS) is 12.3. The van der Waals surface area contributed by atoms with Crippen LogP contribution in [0.25, 0.3) is 11.0 Å². The van der Waals surface area contributed by atoms with Crippen molar-refractivity contribution in [3.63, 3.8) is 0 Å². The van der Waals surface area contributed by atoms with Crippen LogP contribution in [-0.2, 0) is 15.6 Å². The van der Waals surface area contributed by atoms with E-state index in [0.717, 1.165) is 15.9 Å². The van der Waals surface area contributed by atoms with E-state index in [1.54, 1.807) is 30.3 Å². The number of hydrogen-bond acceptors (Lipinski definition) is 4. The Balaban J connectivity index is 1.68. The van der Waals surface area contributed by atoms with Gasteiger partial charge in [0, 0.05) is 37.1 Å². The highest BCUT2D eigenvalue weighted by Crippen LogP contribution is 2.34. The van der Waals surface area contributed by atoms with Crippen molar-refractivity contribution in [2.45, 2.75) is 13.5 Å². The molecule has 4 aromatic rings. The number of aryl methyl sites for hydroxylation is 1. The summed E-state index contributed by atoms with van der Waals surface area (Å²) in [7, 11) is -5.12. The first kappa shape index (κ1) is 22.5. The van der Waals surface area contributed by atoms with E-state index >= 15 is 0 Å². The molecule has 1 amide bonds. The Morgan fingerprint density at radius 3 is 2.65 bits per heavy atom. The van der Waals surface area contributed by atoms with Gasteiger partial charge < -0.3 is 4.57 Å². The summed E-state index contributed by atoms with van der Waals surface area (Å²) in [5.74, 6) is 0.0629. The van der Waals surface area contributed by atoms with Gasteiger partial charge in [-0.1, -0.05) is 33.6 Å². The van der Waals surface area contributed by atoms with Crippen LogP contribution in [0.4, 0.5) is 0 Å². The summed E-state index contributed by atoms with van der Waals surface area (Å²) in [5.41, 5.74) is 2.55. The van der Waals surface area contributed by atoms with Crippen molar-refractivity contribution in [2.75, 3.05) is 0 Å². The van der Waals surface area contributed by atoms with Crippen LogP contribution in [0, 0.1) is 6.92 Å². The van der Waals surface area contributed by atoms with E-state index in [9.17, 15) is 13.2 Å². The van der Waals surface area contributed by atoms with E-state index < -0.39 is 24.5 Å². The molecule has 1 N–H and O–H groups in total. The average Bonchev–Trinajstić information content (AvgIpc) is 3.26. The van der Waals surface area contributed by atoms with Crippen molar-refractivity contribution < 1.29 is 13.2 Å². The van der Waals surface area contributed by atoms with E-state index in [2.05, 4.69) is 41.6 Å². The second-order valence-electron chi connectivity index (χ2n) is 6.67. The molecular formula is C20H15Br2ClN3O3S2+. The molecular weight excluding hydrogens is 590 g/mol. The van der Waals surface area contributed by atoms with Crippen molar-refractivity contribution in [1.82, 2.24) is 14.3 Å². The van der Waals surface area contributed by atoms with E-state index in [-0.39, 0.29) is 5.56 Å². The molecule has 2 aromatic heterocycles. The molecule has 0 saturated carbocycles. The first-order chi connectivity index (χ1) is 14.7. The van der Waals surface area contributed by atoms with Gasteiger partial charge in [-0.2, -0.15) is 8.42 Å². The largest absolute Gasteiger partial charge is 0.436 e. The molecule has 0 fully saturated rings. The van der Waals surface area contributed by atoms with Gasteiger partial charge in [-0.05, 0) is 48.9 Å². The van der Waals surface area contributed by atoms with Crippen LogP contribution < -0.4 is 4.72 Å². The van der Waals surface area contributed by atoms with E-state index in [0.29, 0.717) is 26.4 Å². The number of halogens is 3. The van der Waals surface area contributed by atoms with Crippen LogP contribution in [-0.4, -0.2) is 23.9 Å². The Morgan fingerprint density at radius 1 is 1.19 bits per heavy atom. The summed E-state index contributed by atoms with van der Waals surface area (Å²) in [6, 6.07) is 13.8. The number of hydrogen-bond donors (Lipinski definition) is 1. The van der Waals surface area contributed by atoms with Crippen LogP contribution in [0.1, 0.15) is 21.7 Å². The number of nitrogens with one attached hydrogen (secondary N) is 1. The highest BCUT2D eigenvalue weighted by molar-refractivity contribution is 9.11. The third kappa shape index (κ3) is 4.58. The molecule has 2 heterocycles. The lowest BCUT2D eigenvalue weighted by molar-refractivity contribution is 0.0982. The topological polar surface area (TPSA) is 81.1 Å². The number of nitrogens with zero attached hydrogens (tertiary/aromatic N) is 2. The molecule has 160 valence electrons. The van der Waals surface area contributed by atoms with Gasteiger partial charge in [-0.15, -0.1) is 0 Å². The van der Waals surface area contributed by atoms with E-state index in [1.165, 1.54) is 5.38 Å². The van der Waals surface area contributed by atoms with Crippen molar-refractivity contribution in [3.8, 4) is 0 Å². The van der Waals surface area contributed by atoms with Crippen molar-refractivity contribution >= 4 is 79.0 Å². The third-order valence-corrected chi connectivity index (χ3v) is 11.8. The first-order valence-electron chi connectivity index (χ1n) is 8.91. The molecule has 11 heteroatoms. The second kappa shape index (κ2) is 8.67. The Morgan fingerprint density at radius 2 is 1.97 bits per heavy atom. The Labute approximate surface area is 202 Å². The van der Waals surface area contributed by atoms with Crippen LogP contribution in [0.3, 0.4) is 0 Å². The SMILES string of the molecule is Cc1nc2ccc(C(=O)NS(=O)(=O)[s+]3cccc3Br)cc2n1Cc1ccc(Br)cc1Cl. The van der Waals surface area contributed by atoms with Crippen LogP contribution >= 0.6 is 53.0 Å². The number of carbonyl (C=O) groups is 1. The molecule has 2 aromatic carbocycles. The van der Waals surface area contributed by atoms with Gasteiger partial charge in [-0.25, -0.2) is 9.71 Å². The number of rotatable bonds is 5. The summed E-state index contributed by atoms with van der Waals surface area (Å²) in [5, 5.41) is 2.14. The molecule has 31 heavy (non-hydrogen) atoms. The third-order valence-electron chi connectivity index (χ3n) is 4.62. The van der Waals surface area contributed by atoms with Crippen LogP contribution in [0.15, 0.2) is 62.2 Å². The zero-order chi connectivity index (χ0) is 22.3. The monoisotopic (exact) mass is 602 g/mol. The summed E-state index contributed by atoms with van der Waals surface area (Å²) in [6.45, 7) is 2.33. The molecule has 1 atom stereocenters. The van der Waals surface area contributed by atoms with E-state index in [4.69, 9.17) is 11.6 Å². The zero-order valence-electron chi connectivity index (χ0n) is 16.0. The molecule has 0 bridgehead atoms. The van der Waals surface area contributed by atoms with Gasteiger partial charge >= 0.3 is 9.06 Å². The Hall–Kier alpha value is -1.72. The zero-order valence-corrected chi connectivity index (χ0v) is 21.5. The van der Waals surface area contributed by atoms with Crippen LogP contribution in [0.2, 0.25) is 5.02 Å². The number of fused-ring (bicyclic) bond motifs is 1. The maximum atomic E-state index is 12.7. The smallest absolute Gasteiger partial charge is 0.324 e. The van der Waals surface area contributed by atoms with Gasteiger partial charge in [0.2, 0.25) is 3.79 Å². The predicted octanol–water partition coefficient (Wildman–Crippen LogP) is 5.84. The highest BCUT2D eigenvalue weighted by Gasteiger charge is 2.30. The Kier molecular flexibility index (Phi) is 6.28. The van der Waals surface area contributed by atoms with Gasteiger partial charge in [0.25, 0.3) is 5.91 Å². The molecule has 0 radical (unpaired) electrons.